The van der Waals surface area contributed by atoms with Gasteiger partial charge in [-0.2, -0.15) is 0 Å². The number of hydrogen-bond acceptors (Lipinski definition) is 5. The van der Waals surface area contributed by atoms with E-state index >= 15 is 0 Å². The quantitative estimate of drug-likeness (QED) is 0.677. The van der Waals surface area contributed by atoms with Gasteiger partial charge in [0.15, 0.2) is 0 Å². The van der Waals surface area contributed by atoms with Crippen LogP contribution in [-0.2, 0) is 16.6 Å². The smallest absolute Gasteiger partial charge is 0.211 e. The van der Waals surface area contributed by atoms with Gasteiger partial charge in [0.1, 0.15) is 0 Å². The molecular weight excluding hydrogens is 282 g/mol. The normalized spacial score (nSPS) is 15.8. The minimum absolute atomic E-state index is 0.205. The number of aromatic nitrogens is 1. The van der Waals surface area contributed by atoms with Crippen LogP contribution >= 0.6 is 11.3 Å². The Morgan fingerprint density at radius 3 is 2.84 bits per heavy atom. The van der Waals surface area contributed by atoms with Gasteiger partial charge >= 0.3 is 0 Å². The molecule has 0 unspecified atom stereocenters. The van der Waals surface area contributed by atoms with Crippen LogP contribution in [0.1, 0.15) is 35.6 Å². The Kier molecular flexibility index (Phi) is 5.32. The highest BCUT2D eigenvalue weighted by Gasteiger charge is 2.19. The molecule has 5 nitrogen and oxygen atoms in total. The monoisotopic (exact) mass is 303 g/mol. The molecule has 1 aliphatic carbocycles. The number of nitrogens with one attached hydrogen (secondary N) is 2. The number of nitrogens with zero attached hydrogens (tertiary/aromatic N) is 1. The summed E-state index contributed by atoms with van der Waals surface area (Å²) in [5.41, 5.74) is 0. The van der Waals surface area contributed by atoms with Gasteiger partial charge < -0.3 is 5.32 Å². The lowest BCUT2D eigenvalue weighted by molar-refractivity contribution is 0.573. The largest absolute Gasteiger partial charge is 0.314 e. The number of rotatable bonds is 9. The summed E-state index contributed by atoms with van der Waals surface area (Å²) in [7, 11) is -3.15. The molecular formula is C12H21N3O2S2. The minimum Gasteiger partial charge on any atom is -0.314 e. The van der Waals surface area contributed by atoms with E-state index in [1.54, 1.807) is 6.20 Å². The molecule has 0 spiro atoms. The second kappa shape index (κ2) is 6.78. The summed E-state index contributed by atoms with van der Waals surface area (Å²) in [6.45, 7) is 3.19. The second-order valence-electron chi connectivity index (χ2n) is 4.92. The van der Waals surface area contributed by atoms with Gasteiger partial charge in [0.2, 0.25) is 10.0 Å². The van der Waals surface area contributed by atoms with Crippen LogP contribution in [0.4, 0.5) is 0 Å². The summed E-state index contributed by atoms with van der Waals surface area (Å²) < 4.78 is 26.2. The van der Waals surface area contributed by atoms with E-state index in [-0.39, 0.29) is 5.75 Å². The van der Waals surface area contributed by atoms with E-state index in [4.69, 9.17) is 0 Å². The molecule has 0 radical (unpaired) electrons. The Balaban J connectivity index is 1.60. The molecule has 1 aromatic heterocycles. The molecule has 108 valence electrons. The van der Waals surface area contributed by atoms with E-state index in [0.717, 1.165) is 22.9 Å². The van der Waals surface area contributed by atoms with Gasteiger partial charge in [-0.3, -0.25) is 0 Å². The Labute approximate surface area is 118 Å². The van der Waals surface area contributed by atoms with Crippen LogP contribution in [0.25, 0.3) is 0 Å². The van der Waals surface area contributed by atoms with Gasteiger partial charge in [-0.15, -0.1) is 11.3 Å². The molecule has 1 aliphatic rings. The summed E-state index contributed by atoms with van der Waals surface area (Å²) in [4.78, 5) is 5.06. The van der Waals surface area contributed by atoms with Crippen molar-refractivity contribution in [2.45, 2.75) is 45.2 Å². The first-order valence-electron chi connectivity index (χ1n) is 6.67. The lowest BCUT2D eigenvalue weighted by Crippen LogP contribution is -2.26. The van der Waals surface area contributed by atoms with Crippen molar-refractivity contribution in [1.29, 1.82) is 0 Å². The molecule has 7 heteroatoms. The summed E-state index contributed by atoms with van der Waals surface area (Å²) in [6, 6.07) is 0.698. The van der Waals surface area contributed by atoms with Gasteiger partial charge in [-0.25, -0.2) is 18.1 Å². The van der Waals surface area contributed by atoms with Gasteiger partial charge in [0, 0.05) is 23.7 Å². The highest BCUT2D eigenvalue weighted by molar-refractivity contribution is 7.89. The van der Waals surface area contributed by atoms with E-state index in [0.29, 0.717) is 19.0 Å². The molecule has 1 aromatic rings. The Hall–Kier alpha value is -0.500. The molecule has 0 aromatic carbocycles. The molecule has 0 amide bonds. The number of hydrogen-bond donors (Lipinski definition) is 2. The van der Waals surface area contributed by atoms with Crippen molar-refractivity contribution in [1.82, 2.24) is 15.0 Å². The first-order chi connectivity index (χ1) is 9.05. The van der Waals surface area contributed by atoms with Gasteiger partial charge in [0.05, 0.1) is 10.8 Å². The second-order valence-corrected chi connectivity index (χ2v) is 8.17. The minimum atomic E-state index is -3.15. The zero-order chi connectivity index (χ0) is 13.7. The van der Waals surface area contributed by atoms with Crippen molar-refractivity contribution in [3.63, 3.8) is 0 Å². The van der Waals surface area contributed by atoms with Crippen LogP contribution in [0.3, 0.4) is 0 Å². The van der Waals surface area contributed by atoms with E-state index < -0.39 is 10.0 Å². The van der Waals surface area contributed by atoms with E-state index in [9.17, 15) is 8.42 Å². The fraction of sp³-hybridized carbons (Fsp3) is 0.750. The fourth-order valence-electron chi connectivity index (χ4n) is 1.75. The van der Waals surface area contributed by atoms with Crippen LogP contribution in [-0.4, -0.2) is 31.7 Å². The lowest BCUT2D eigenvalue weighted by Gasteiger charge is -2.06. The third-order valence-corrected chi connectivity index (χ3v) is 5.31. The molecule has 1 fully saturated rings. The van der Waals surface area contributed by atoms with Gasteiger partial charge in [0.25, 0.3) is 0 Å². The Morgan fingerprint density at radius 1 is 1.42 bits per heavy atom. The molecule has 1 heterocycles. The SMILES string of the molecule is Cc1ncc(CNS(=O)(=O)CCCCNC2CC2)s1. The Bertz CT molecular complexity index is 495. The summed E-state index contributed by atoms with van der Waals surface area (Å²) in [6.07, 6.45) is 5.89. The average molecular weight is 303 g/mol. The van der Waals surface area contributed by atoms with Crippen molar-refractivity contribution in [3.8, 4) is 0 Å². The maximum Gasteiger partial charge on any atom is 0.211 e. The van der Waals surface area contributed by atoms with E-state index in [2.05, 4.69) is 15.0 Å². The van der Waals surface area contributed by atoms with Crippen molar-refractivity contribution < 1.29 is 8.42 Å². The molecule has 0 aliphatic heterocycles. The average Bonchev–Trinajstić information content (AvgIpc) is 3.08. The molecule has 0 saturated heterocycles. The first kappa shape index (κ1) is 14.9. The van der Waals surface area contributed by atoms with Crippen molar-refractivity contribution in [2.75, 3.05) is 12.3 Å². The van der Waals surface area contributed by atoms with Crippen molar-refractivity contribution >= 4 is 21.4 Å². The summed E-state index contributed by atoms with van der Waals surface area (Å²) >= 11 is 1.52. The highest BCUT2D eigenvalue weighted by atomic mass is 32.2. The number of sulfonamides is 1. The van der Waals surface area contributed by atoms with Crippen LogP contribution < -0.4 is 10.0 Å². The fourth-order valence-corrected chi connectivity index (χ4v) is 3.68. The molecule has 19 heavy (non-hydrogen) atoms. The predicted octanol–water partition coefficient (Wildman–Crippen LogP) is 1.40. The zero-order valence-corrected chi connectivity index (χ0v) is 12.8. The Morgan fingerprint density at radius 2 is 2.21 bits per heavy atom. The predicted molar refractivity (Wildman–Crippen MR) is 77.7 cm³/mol. The standard InChI is InChI=1S/C12H21N3O2S2/c1-10-14-8-12(18-10)9-15-19(16,17)7-3-2-6-13-11-4-5-11/h8,11,13,15H,2-7,9H2,1H3. The van der Waals surface area contributed by atoms with Gasteiger partial charge in [-0.05, 0) is 39.2 Å². The zero-order valence-electron chi connectivity index (χ0n) is 11.2. The lowest BCUT2D eigenvalue weighted by atomic mass is 10.3. The molecule has 0 atom stereocenters. The first-order valence-corrected chi connectivity index (χ1v) is 9.14. The van der Waals surface area contributed by atoms with Crippen LogP contribution in [0.15, 0.2) is 6.20 Å². The van der Waals surface area contributed by atoms with Gasteiger partial charge in [-0.1, -0.05) is 0 Å². The van der Waals surface area contributed by atoms with E-state index in [1.165, 1.54) is 24.2 Å². The van der Waals surface area contributed by atoms with Crippen molar-refractivity contribution in [2.24, 2.45) is 0 Å². The van der Waals surface area contributed by atoms with Crippen LogP contribution in [0, 0.1) is 6.92 Å². The number of unbranched alkanes of at least 4 members (excludes halogenated alkanes) is 1. The molecule has 2 rings (SSSR count). The summed E-state index contributed by atoms with van der Waals surface area (Å²) in [5, 5.41) is 4.34. The maximum absolute atomic E-state index is 11.8. The van der Waals surface area contributed by atoms with E-state index in [1.807, 2.05) is 6.92 Å². The molecule has 0 bridgehead atoms. The van der Waals surface area contributed by atoms with Crippen LogP contribution in [0.5, 0.6) is 0 Å². The third-order valence-electron chi connectivity index (χ3n) is 2.99. The van der Waals surface area contributed by atoms with Crippen LogP contribution in [0.2, 0.25) is 0 Å². The third kappa shape index (κ3) is 5.99. The maximum atomic E-state index is 11.8. The summed E-state index contributed by atoms with van der Waals surface area (Å²) in [5.74, 6) is 0.205. The highest BCUT2D eigenvalue weighted by Crippen LogP contribution is 2.18. The van der Waals surface area contributed by atoms with Crippen molar-refractivity contribution in [3.05, 3.63) is 16.1 Å². The number of aryl methyl sites for hydroxylation is 1. The number of thiazole rings is 1. The molecule has 1 saturated carbocycles. The topological polar surface area (TPSA) is 71.1 Å². The molecule has 2 N–H and O–H groups in total.